The first kappa shape index (κ1) is 47.6. The summed E-state index contributed by atoms with van der Waals surface area (Å²) in [5.74, 6) is -0.163. The number of carboxylic acid groups (broad SMARTS) is 2. The van der Waals surface area contributed by atoms with Gasteiger partial charge in [0, 0.05) is 22.3 Å². The Labute approximate surface area is 460 Å². The maximum Gasteiger partial charge on any atom is 0.335 e. The molecule has 0 aliphatic rings. The fourth-order valence-corrected chi connectivity index (χ4v) is 11.5. The molecule has 14 aromatic rings. The summed E-state index contributed by atoms with van der Waals surface area (Å²) in [5.41, 5.74) is 8.85. The highest BCUT2D eigenvalue weighted by Crippen LogP contribution is 2.51. The van der Waals surface area contributed by atoms with Gasteiger partial charge in [-0.2, -0.15) is 0 Å². The van der Waals surface area contributed by atoms with E-state index in [1.165, 1.54) is 0 Å². The maximum atomic E-state index is 12.7. The van der Waals surface area contributed by atoms with Crippen molar-refractivity contribution in [2.45, 2.75) is 0 Å². The number of carboxylic acids is 2. The van der Waals surface area contributed by atoms with Gasteiger partial charge in [-0.15, -0.1) is 0 Å². The van der Waals surface area contributed by atoms with Crippen molar-refractivity contribution in [3.63, 3.8) is 0 Å². The molecule has 14 rings (SSSR count). The molecule has 0 aliphatic heterocycles. The Morgan fingerprint density at radius 1 is 0.250 bits per heavy atom. The van der Waals surface area contributed by atoms with Crippen molar-refractivity contribution in [1.29, 1.82) is 0 Å². The standard InChI is InChI=1S/C74H46O6/c75-73(76)57-31-35-67(65(43-57)63-21-9-17-47-13-5-7-19-59(47)63)79-69-37-29-55-41-53(51-25-23-45-11-1-3-15-49(45)39-51)27-33-61(55)71(69)72-62-34-28-54(52-26-24-46-12-2-4-16-50(46)40-52)42-56(62)30-38-70(72)80-68-36-32-58(74(77)78)44-66(68)64-22-10-18-48-14-6-8-20-60(48)64/h1-44H,(H,75,76)(H,77,78). The predicted octanol–water partition coefficient (Wildman–Crippen LogP) is 19.9. The third kappa shape index (κ3) is 8.58. The molecule has 14 aromatic carbocycles. The third-order valence-electron chi connectivity index (χ3n) is 15.4. The minimum Gasteiger partial charge on any atom is -0.478 e. The Balaban J connectivity index is 1.03. The van der Waals surface area contributed by atoms with Crippen LogP contribution in [0.5, 0.6) is 23.0 Å². The van der Waals surface area contributed by atoms with Crippen LogP contribution < -0.4 is 9.47 Å². The Morgan fingerprint density at radius 2 is 0.588 bits per heavy atom. The zero-order chi connectivity index (χ0) is 53.8. The molecule has 6 nitrogen and oxygen atoms in total. The van der Waals surface area contributed by atoms with Crippen molar-refractivity contribution in [1.82, 2.24) is 0 Å². The average molecular weight is 1030 g/mol. The summed E-state index contributed by atoms with van der Waals surface area (Å²) in [5, 5.41) is 33.0. The molecule has 0 heterocycles. The Kier molecular flexibility index (Phi) is 11.7. The summed E-state index contributed by atoms with van der Waals surface area (Å²) < 4.78 is 14.7. The van der Waals surface area contributed by atoms with E-state index in [1.807, 2.05) is 97.1 Å². The molecular weight excluding hydrogens is 985 g/mol. The molecule has 0 radical (unpaired) electrons. The number of aromatic carboxylic acids is 2. The lowest BCUT2D eigenvalue weighted by Gasteiger charge is -2.22. The van der Waals surface area contributed by atoms with E-state index < -0.39 is 11.9 Å². The highest BCUT2D eigenvalue weighted by molar-refractivity contribution is 6.12. The summed E-state index contributed by atoms with van der Waals surface area (Å²) >= 11 is 0. The molecule has 0 bridgehead atoms. The molecule has 0 aliphatic carbocycles. The quantitative estimate of drug-likeness (QED) is 0.134. The molecule has 0 aromatic heterocycles. The summed E-state index contributed by atoms with van der Waals surface area (Å²) in [4.78, 5) is 25.5. The lowest BCUT2D eigenvalue weighted by molar-refractivity contribution is 0.0686. The molecule has 0 saturated heterocycles. The fourth-order valence-electron chi connectivity index (χ4n) is 11.5. The van der Waals surface area contributed by atoms with Crippen LogP contribution in [0.15, 0.2) is 267 Å². The Bertz CT molecular complexity index is 4540. The maximum absolute atomic E-state index is 12.7. The van der Waals surface area contributed by atoms with Gasteiger partial charge in [-0.25, -0.2) is 9.59 Å². The van der Waals surface area contributed by atoms with Crippen molar-refractivity contribution in [3.8, 4) is 78.6 Å². The normalized spacial score (nSPS) is 11.4. The first-order valence-electron chi connectivity index (χ1n) is 26.5. The van der Waals surface area contributed by atoms with Crippen LogP contribution in [0.2, 0.25) is 0 Å². The van der Waals surface area contributed by atoms with Crippen LogP contribution in [0, 0.1) is 0 Å². The van der Waals surface area contributed by atoms with Crippen LogP contribution in [0.25, 0.3) is 120 Å². The van der Waals surface area contributed by atoms with E-state index in [0.29, 0.717) is 34.1 Å². The predicted molar refractivity (Wildman–Crippen MR) is 326 cm³/mol. The van der Waals surface area contributed by atoms with E-state index in [2.05, 4.69) is 133 Å². The minimum absolute atomic E-state index is 0.128. The van der Waals surface area contributed by atoms with Gasteiger partial charge in [0.2, 0.25) is 0 Å². The van der Waals surface area contributed by atoms with Gasteiger partial charge in [-0.3, -0.25) is 0 Å². The van der Waals surface area contributed by atoms with Crippen molar-refractivity contribution in [2.24, 2.45) is 0 Å². The number of hydrogen-bond donors (Lipinski definition) is 2. The van der Waals surface area contributed by atoms with E-state index >= 15 is 0 Å². The molecule has 0 fully saturated rings. The summed E-state index contributed by atoms with van der Waals surface area (Å²) in [6, 6.07) is 89.1. The number of benzene rings is 14. The molecule has 80 heavy (non-hydrogen) atoms. The number of hydrogen-bond acceptors (Lipinski definition) is 4. The topological polar surface area (TPSA) is 93.1 Å². The van der Waals surface area contributed by atoms with Gasteiger partial charge >= 0.3 is 11.9 Å². The second kappa shape index (κ2) is 19.6. The van der Waals surface area contributed by atoms with Crippen LogP contribution >= 0.6 is 0 Å². The van der Waals surface area contributed by atoms with Crippen molar-refractivity contribution in [3.05, 3.63) is 278 Å². The molecule has 378 valence electrons. The van der Waals surface area contributed by atoms with Crippen molar-refractivity contribution in [2.75, 3.05) is 0 Å². The van der Waals surface area contributed by atoms with E-state index in [4.69, 9.17) is 9.47 Å². The van der Waals surface area contributed by atoms with Gasteiger partial charge < -0.3 is 19.7 Å². The van der Waals surface area contributed by atoms with Crippen molar-refractivity contribution < 1.29 is 29.3 Å². The van der Waals surface area contributed by atoms with Crippen LogP contribution in [0.1, 0.15) is 20.7 Å². The molecule has 0 spiro atoms. The van der Waals surface area contributed by atoms with Crippen LogP contribution in [-0.4, -0.2) is 22.2 Å². The van der Waals surface area contributed by atoms with Gasteiger partial charge in [-0.1, -0.05) is 194 Å². The molecule has 0 unspecified atom stereocenters. The van der Waals surface area contributed by atoms with Gasteiger partial charge in [-0.05, 0) is 171 Å². The van der Waals surface area contributed by atoms with Crippen LogP contribution in [0.3, 0.4) is 0 Å². The zero-order valence-electron chi connectivity index (χ0n) is 42.9. The lowest BCUT2D eigenvalue weighted by atomic mass is 9.89. The monoisotopic (exact) mass is 1030 g/mol. The number of fused-ring (bicyclic) bond motifs is 6. The van der Waals surface area contributed by atoms with E-state index in [0.717, 1.165) is 109 Å². The minimum atomic E-state index is -1.05. The SMILES string of the molecule is O=C(O)c1ccc(Oc2ccc3cc(-c4ccc5ccccc5c4)ccc3c2-c2c(Oc3ccc(C(=O)O)cc3-c3cccc4ccccc34)ccc3cc(-c4ccc5ccccc5c4)ccc23)c(-c2cccc3ccccc23)c1. The van der Waals surface area contributed by atoms with E-state index in [1.54, 1.807) is 36.4 Å². The van der Waals surface area contributed by atoms with Gasteiger partial charge in [0.05, 0.1) is 11.1 Å². The Morgan fingerprint density at radius 3 is 1.01 bits per heavy atom. The van der Waals surface area contributed by atoms with Crippen LogP contribution in [-0.2, 0) is 0 Å². The highest BCUT2D eigenvalue weighted by Gasteiger charge is 2.25. The summed E-state index contributed by atoms with van der Waals surface area (Å²) in [7, 11) is 0. The second-order valence-electron chi connectivity index (χ2n) is 20.2. The lowest BCUT2D eigenvalue weighted by Crippen LogP contribution is -2.00. The molecule has 0 atom stereocenters. The molecule has 0 saturated carbocycles. The molecular formula is C74H46O6. The fraction of sp³-hybridized carbons (Fsp3) is 0. The van der Waals surface area contributed by atoms with E-state index in [-0.39, 0.29) is 11.1 Å². The second-order valence-corrected chi connectivity index (χ2v) is 20.2. The highest BCUT2D eigenvalue weighted by atomic mass is 16.5. The smallest absolute Gasteiger partial charge is 0.335 e. The largest absolute Gasteiger partial charge is 0.478 e. The molecule has 2 N–H and O–H groups in total. The zero-order valence-corrected chi connectivity index (χ0v) is 42.9. The molecule has 6 heteroatoms. The van der Waals surface area contributed by atoms with Gasteiger partial charge in [0.25, 0.3) is 0 Å². The first-order valence-corrected chi connectivity index (χ1v) is 26.5. The summed E-state index contributed by atoms with van der Waals surface area (Å²) in [6.45, 7) is 0. The van der Waals surface area contributed by atoms with E-state index in [9.17, 15) is 19.8 Å². The summed E-state index contributed by atoms with van der Waals surface area (Å²) in [6.07, 6.45) is 0. The van der Waals surface area contributed by atoms with Crippen LogP contribution in [0.4, 0.5) is 0 Å². The molecule has 0 amide bonds. The Hall–Kier alpha value is -10.8. The first-order chi connectivity index (χ1) is 39.3. The average Bonchev–Trinajstić information content (AvgIpc) is 3.52. The third-order valence-corrected chi connectivity index (χ3v) is 15.4. The van der Waals surface area contributed by atoms with Crippen molar-refractivity contribution >= 4 is 76.6 Å². The van der Waals surface area contributed by atoms with Gasteiger partial charge in [0.1, 0.15) is 23.0 Å². The number of rotatable bonds is 11. The number of carbonyl (C=O) groups is 2. The number of ether oxygens (including phenoxy) is 2. The van der Waals surface area contributed by atoms with Gasteiger partial charge in [0.15, 0.2) is 0 Å².